The Morgan fingerprint density at radius 3 is 2.29 bits per heavy atom. The lowest BCUT2D eigenvalue weighted by atomic mass is 9.80. The van der Waals surface area contributed by atoms with E-state index >= 15 is 0 Å². The first-order chi connectivity index (χ1) is 8.21. The molecule has 1 saturated heterocycles. The summed E-state index contributed by atoms with van der Waals surface area (Å²) in [6.07, 6.45) is 9.82. The predicted octanol–water partition coefficient (Wildman–Crippen LogP) is 3.03. The second-order valence-electron chi connectivity index (χ2n) is 6.25. The van der Waals surface area contributed by atoms with Crippen LogP contribution < -0.4 is 5.32 Å². The van der Waals surface area contributed by atoms with Gasteiger partial charge in [-0.2, -0.15) is 0 Å². The van der Waals surface area contributed by atoms with Gasteiger partial charge in [0.25, 0.3) is 0 Å². The zero-order valence-corrected chi connectivity index (χ0v) is 12.0. The Hall–Kier alpha value is -0.0800. The van der Waals surface area contributed by atoms with Gasteiger partial charge < -0.3 is 10.2 Å². The highest BCUT2D eigenvalue weighted by Crippen LogP contribution is 2.32. The first kappa shape index (κ1) is 13.4. The number of hydrogen-bond acceptors (Lipinski definition) is 2. The van der Waals surface area contributed by atoms with Gasteiger partial charge in [-0.25, -0.2) is 0 Å². The highest BCUT2D eigenvalue weighted by Gasteiger charge is 2.38. The van der Waals surface area contributed by atoms with Crippen LogP contribution in [0.2, 0.25) is 0 Å². The molecule has 2 nitrogen and oxygen atoms in total. The van der Waals surface area contributed by atoms with E-state index in [1.54, 1.807) is 0 Å². The highest BCUT2D eigenvalue weighted by atomic mass is 15.2. The fourth-order valence-corrected chi connectivity index (χ4v) is 3.90. The van der Waals surface area contributed by atoms with E-state index in [1.807, 2.05) is 0 Å². The smallest absolute Gasteiger partial charge is 0.0304 e. The number of piperazine rings is 1. The van der Waals surface area contributed by atoms with Gasteiger partial charge in [0.1, 0.15) is 0 Å². The standard InChI is InChI=1S/C15H30N2/c1-4-15(5-2)12-17(3)14(11-16-15)13-9-7-6-8-10-13/h13-14,16H,4-12H2,1-3H3. The van der Waals surface area contributed by atoms with Crippen molar-refractivity contribution < 1.29 is 0 Å². The molecule has 100 valence electrons. The minimum Gasteiger partial charge on any atom is -0.308 e. The van der Waals surface area contributed by atoms with Crippen LogP contribution in [0.25, 0.3) is 0 Å². The normalized spacial score (nSPS) is 31.6. The molecular formula is C15H30N2. The number of nitrogens with one attached hydrogen (secondary N) is 1. The molecule has 2 heteroatoms. The van der Waals surface area contributed by atoms with E-state index in [2.05, 4.69) is 31.1 Å². The van der Waals surface area contributed by atoms with E-state index in [-0.39, 0.29) is 0 Å². The van der Waals surface area contributed by atoms with Crippen molar-refractivity contribution in [2.45, 2.75) is 70.4 Å². The van der Waals surface area contributed by atoms with E-state index in [4.69, 9.17) is 0 Å². The van der Waals surface area contributed by atoms with Crippen LogP contribution in [0, 0.1) is 5.92 Å². The average molecular weight is 238 g/mol. The summed E-state index contributed by atoms with van der Waals surface area (Å²) in [4.78, 5) is 2.65. The van der Waals surface area contributed by atoms with Crippen LogP contribution in [0.15, 0.2) is 0 Å². The lowest BCUT2D eigenvalue weighted by molar-refractivity contribution is 0.0524. The zero-order valence-electron chi connectivity index (χ0n) is 12.0. The van der Waals surface area contributed by atoms with Gasteiger partial charge in [0.15, 0.2) is 0 Å². The quantitative estimate of drug-likeness (QED) is 0.813. The Morgan fingerprint density at radius 1 is 1.12 bits per heavy atom. The van der Waals surface area contributed by atoms with E-state index in [1.165, 1.54) is 58.0 Å². The third-order valence-electron chi connectivity index (χ3n) is 5.35. The minimum absolute atomic E-state index is 0.389. The molecule has 0 aromatic rings. The Balaban J connectivity index is 1.95. The molecule has 1 aliphatic heterocycles. The molecule has 0 bridgehead atoms. The van der Waals surface area contributed by atoms with Crippen molar-refractivity contribution in [3.05, 3.63) is 0 Å². The first-order valence-corrected chi connectivity index (χ1v) is 7.66. The molecule has 0 aromatic heterocycles. The molecule has 1 saturated carbocycles. The first-order valence-electron chi connectivity index (χ1n) is 7.66. The summed E-state index contributed by atoms with van der Waals surface area (Å²) in [5.41, 5.74) is 0.389. The summed E-state index contributed by atoms with van der Waals surface area (Å²) in [5.74, 6) is 0.952. The van der Waals surface area contributed by atoms with Gasteiger partial charge in [-0.1, -0.05) is 33.1 Å². The van der Waals surface area contributed by atoms with Crippen molar-refractivity contribution in [1.82, 2.24) is 10.2 Å². The van der Waals surface area contributed by atoms with Crippen molar-refractivity contribution in [2.75, 3.05) is 20.1 Å². The molecule has 1 aliphatic carbocycles. The maximum absolute atomic E-state index is 3.87. The summed E-state index contributed by atoms with van der Waals surface area (Å²) >= 11 is 0. The van der Waals surface area contributed by atoms with Crippen LogP contribution >= 0.6 is 0 Å². The van der Waals surface area contributed by atoms with Gasteiger partial charge in [-0.3, -0.25) is 0 Å². The Morgan fingerprint density at radius 2 is 1.76 bits per heavy atom. The van der Waals surface area contributed by atoms with Crippen LogP contribution in [0.1, 0.15) is 58.8 Å². The molecular weight excluding hydrogens is 208 g/mol. The van der Waals surface area contributed by atoms with Crippen molar-refractivity contribution in [2.24, 2.45) is 5.92 Å². The largest absolute Gasteiger partial charge is 0.308 e. The molecule has 1 heterocycles. The predicted molar refractivity (Wildman–Crippen MR) is 74.3 cm³/mol. The van der Waals surface area contributed by atoms with E-state index in [0.29, 0.717) is 5.54 Å². The Labute approximate surface area is 107 Å². The molecule has 0 spiro atoms. The van der Waals surface area contributed by atoms with Gasteiger partial charge >= 0.3 is 0 Å². The summed E-state index contributed by atoms with van der Waals surface area (Å²) in [5, 5.41) is 3.87. The summed E-state index contributed by atoms with van der Waals surface area (Å²) in [7, 11) is 2.35. The van der Waals surface area contributed by atoms with Crippen molar-refractivity contribution in [1.29, 1.82) is 0 Å². The van der Waals surface area contributed by atoms with Gasteiger partial charge in [0.2, 0.25) is 0 Å². The topological polar surface area (TPSA) is 15.3 Å². The molecule has 1 atom stereocenters. The van der Waals surface area contributed by atoms with Gasteiger partial charge in [0.05, 0.1) is 0 Å². The zero-order chi connectivity index (χ0) is 12.3. The lowest BCUT2D eigenvalue weighted by Gasteiger charge is -2.49. The number of nitrogens with zero attached hydrogens (tertiary/aromatic N) is 1. The molecule has 1 unspecified atom stereocenters. The van der Waals surface area contributed by atoms with Crippen molar-refractivity contribution in [3.63, 3.8) is 0 Å². The van der Waals surface area contributed by atoms with Gasteiger partial charge in [0, 0.05) is 24.7 Å². The summed E-state index contributed by atoms with van der Waals surface area (Å²) in [6, 6.07) is 0.793. The minimum atomic E-state index is 0.389. The van der Waals surface area contributed by atoms with Gasteiger partial charge in [-0.05, 0) is 38.6 Å². The molecule has 2 aliphatic rings. The molecule has 1 N–H and O–H groups in total. The molecule has 2 fully saturated rings. The fraction of sp³-hybridized carbons (Fsp3) is 1.00. The number of likely N-dealkylation sites (N-methyl/N-ethyl adjacent to an activating group) is 1. The van der Waals surface area contributed by atoms with Crippen LogP contribution in [0.4, 0.5) is 0 Å². The maximum Gasteiger partial charge on any atom is 0.0304 e. The number of rotatable bonds is 3. The number of hydrogen-bond donors (Lipinski definition) is 1. The van der Waals surface area contributed by atoms with Crippen molar-refractivity contribution >= 4 is 0 Å². The second kappa shape index (κ2) is 5.71. The van der Waals surface area contributed by atoms with Crippen LogP contribution in [-0.2, 0) is 0 Å². The average Bonchev–Trinajstić information content (AvgIpc) is 2.39. The maximum atomic E-state index is 3.87. The Bertz CT molecular complexity index is 229. The highest BCUT2D eigenvalue weighted by molar-refractivity contribution is 4.97. The van der Waals surface area contributed by atoms with Crippen LogP contribution in [0.3, 0.4) is 0 Å². The molecule has 0 radical (unpaired) electrons. The van der Waals surface area contributed by atoms with E-state index in [0.717, 1.165) is 12.0 Å². The van der Waals surface area contributed by atoms with Gasteiger partial charge in [-0.15, -0.1) is 0 Å². The fourth-order valence-electron chi connectivity index (χ4n) is 3.90. The molecule has 0 amide bonds. The third kappa shape index (κ3) is 2.85. The van der Waals surface area contributed by atoms with E-state index in [9.17, 15) is 0 Å². The van der Waals surface area contributed by atoms with Crippen molar-refractivity contribution in [3.8, 4) is 0 Å². The lowest BCUT2D eigenvalue weighted by Crippen LogP contribution is -2.64. The summed E-state index contributed by atoms with van der Waals surface area (Å²) < 4.78 is 0. The molecule has 17 heavy (non-hydrogen) atoms. The Kier molecular flexibility index (Phi) is 4.48. The monoisotopic (exact) mass is 238 g/mol. The third-order valence-corrected chi connectivity index (χ3v) is 5.35. The van der Waals surface area contributed by atoms with Crippen LogP contribution in [-0.4, -0.2) is 36.6 Å². The van der Waals surface area contributed by atoms with Crippen LogP contribution in [0.5, 0.6) is 0 Å². The second-order valence-corrected chi connectivity index (χ2v) is 6.25. The summed E-state index contributed by atoms with van der Waals surface area (Å²) in [6.45, 7) is 7.10. The van der Waals surface area contributed by atoms with E-state index < -0.39 is 0 Å². The SMILES string of the molecule is CCC1(CC)CN(C)C(C2CCCCC2)CN1. The molecule has 2 rings (SSSR count). The molecule has 0 aromatic carbocycles.